The quantitative estimate of drug-likeness (QED) is 0.926. The summed E-state index contributed by atoms with van der Waals surface area (Å²) in [5, 5.41) is 0. The molecule has 0 spiro atoms. The molecule has 0 heterocycles. The predicted molar refractivity (Wildman–Crippen MR) is 78.3 cm³/mol. The van der Waals surface area contributed by atoms with Crippen molar-refractivity contribution >= 4 is 10.0 Å². The van der Waals surface area contributed by atoms with E-state index in [1.807, 2.05) is 0 Å². The van der Waals surface area contributed by atoms with Gasteiger partial charge in [-0.05, 0) is 30.5 Å². The van der Waals surface area contributed by atoms with Crippen LogP contribution in [0.15, 0.2) is 24.3 Å². The third kappa shape index (κ3) is 5.21. The molecule has 1 aliphatic carbocycles. The lowest BCUT2D eigenvalue weighted by Crippen LogP contribution is -2.36. The molecule has 1 aromatic rings. The van der Waals surface area contributed by atoms with E-state index >= 15 is 0 Å². The van der Waals surface area contributed by atoms with Crippen molar-refractivity contribution < 1.29 is 12.8 Å². The first kappa shape index (κ1) is 15.4. The minimum absolute atomic E-state index is 0.0562. The monoisotopic (exact) mass is 299 g/mol. The molecule has 0 bridgehead atoms. The van der Waals surface area contributed by atoms with Crippen molar-refractivity contribution in [1.82, 2.24) is 4.72 Å². The van der Waals surface area contributed by atoms with Crippen LogP contribution in [0.5, 0.6) is 0 Å². The third-order valence-electron chi connectivity index (χ3n) is 3.72. The maximum atomic E-state index is 12.8. The maximum Gasteiger partial charge on any atom is 0.216 e. The average Bonchev–Trinajstić information content (AvgIpc) is 2.35. The number of sulfonamides is 1. The lowest BCUT2D eigenvalue weighted by Gasteiger charge is -2.21. The fourth-order valence-electron chi connectivity index (χ4n) is 2.67. The van der Waals surface area contributed by atoms with Crippen molar-refractivity contribution in [2.24, 2.45) is 0 Å². The first-order valence-electron chi connectivity index (χ1n) is 7.30. The Bertz CT molecular complexity index is 505. The Balaban J connectivity index is 1.93. The van der Waals surface area contributed by atoms with Gasteiger partial charge in [0.15, 0.2) is 0 Å². The maximum absolute atomic E-state index is 12.8. The largest absolute Gasteiger partial charge is 0.216 e. The molecular formula is C15H22FNO2S. The summed E-state index contributed by atoms with van der Waals surface area (Å²) in [7, 11) is -3.35. The smallest absolute Gasteiger partial charge is 0.212 e. The second kappa shape index (κ2) is 7.18. The molecule has 0 aromatic heterocycles. The molecule has 3 nitrogen and oxygen atoms in total. The van der Waals surface area contributed by atoms with E-state index < -0.39 is 10.0 Å². The molecule has 0 atom stereocenters. The summed E-state index contributed by atoms with van der Waals surface area (Å²) in [6.45, 7) is 0. The first-order chi connectivity index (χ1) is 9.55. The van der Waals surface area contributed by atoms with Crippen LogP contribution in [0.3, 0.4) is 0 Å². The minimum atomic E-state index is -3.35. The van der Waals surface area contributed by atoms with Crippen LogP contribution in [0.25, 0.3) is 0 Å². The summed E-state index contributed by atoms with van der Waals surface area (Å²) < 4.78 is 39.9. The van der Waals surface area contributed by atoms with Gasteiger partial charge in [0.05, 0.1) is 5.75 Å². The van der Waals surface area contributed by atoms with Gasteiger partial charge in [-0.3, -0.25) is 0 Å². The summed E-state index contributed by atoms with van der Waals surface area (Å²) in [4.78, 5) is 0. The van der Waals surface area contributed by atoms with Gasteiger partial charge in [-0.2, -0.15) is 0 Å². The number of halogens is 1. The molecule has 1 fully saturated rings. The predicted octanol–water partition coefficient (Wildman–Crippen LogP) is 3.36. The van der Waals surface area contributed by atoms with E-state index in [1.165, 1.54) is 43.5 Å². The zero-order valence-electron chi connectivity index (χ0n) is 11.6. The zero-order valence-corrected chi connectivity index (χ0v) is 12.5. The van der Waals surface area contributed by atoms with E-state index in [1.54, 1.807) is 0 Å². The molecule has 2 rings (SSSR count). The number of rotatable bonds is 4. The van der Waals surface area contributed by atoms with Gasteiger partial charge in [0.1, 0.15) is 5.82 Å². The second-order valence-corrected chi connectivity index (χ2v) is 7.30. The molecule has 0 amide bonds. The fourth-order valence-corrected chi connectivity index (χ4v) is 4.13. The van der Waals surface area contributed by atoms with Gasteiger partial charge in [0, 0.05) is 6.04 Å². The van der Waals surface area contributed by atoms with E-state index in [4.69, 9.17) is 0 Å². The molecule has 0 saturated heterocycles. The van der Waals surface area contributed by atoms with Crippen molar-refractivity contribution in [3.8, 4) is 0 Å². The zero-order chi connectivity index (χ0) is 14.4. The average molecular weight is 299 g/mol. The Morgan fingerprint density at radius 1 is 1.00 bits per heavy atom. The van der Waals surface area contributed by atoms with Gasteiger partial charge in [-0.1, -0.05) is 44.2 Å². The Hall–Kier alpha value is -0.940. The van der Waals surface area contributed by atoms with Crippen molar-refractivity contribution in [2.75, 3.05) is 0 Å². The van der Waals surface area contributed by atoms with Gasteiger partial charge < -0.3 is 0 Å². The van der Waals surface area contributed by atoms with Gasteiger partial charge in [0.2, 0.25) is 10.0 Å². The number of hydrogen-bond donors (Lipinski definition) is 1. The number of nitrogens with one attached hydrogen (secondary N) is 1. The van der Waals surface area contributed by atoms with E-state index in [0.717, 1.165) is 25.7 Å². The van der Waals surface area contributed by atoms with Gasteiger partial charge >= 0.3 is 0 Å². The highest BCUT2D eigenvalue weighted by molar-refractivity contribution is 7.88. The minimum Gasteiger partial charge on any atom is -0.212 e. The van der Waals surface area contributed by atoms with Crippen LogP contribution in [-0.4, -0.2) is 14.5 Å². The van der Waals surface area contributed by atoms with Crippen LogP contribution < -0.4 is 4.72 Å². The molecule has 0 radical (unpaired) electrons. The standard InChI is InChI=1S/C15H22FNO2S/c16-14-10-8-13(9-11-14)12-20(18,19)17-15-6-4-2-1-3-5-7-15/h8-11,15,17H,1-7,12H2. The summed E-state index contributed by atoms with van der Waals surface area (Å²) in [6, 6.07) is 5.68. The SMILES string of the molecule is O=S(=O)(Cc1ccc(F)cc1)NC1CCCCCCC1. The van der Waals surface area contributed by atoms with Crippen molar-refractivity contribution in [3.63, 3.8) is 0 Å². The summed E-state index contributed by atoms with van der Waals surface area (Å²) >= 11 is 0. The summed E-state index contributed by atoms with van der Waals surface area (Å²) in [5.41, 5.74) is 0.616. The Labute approximate surface area is 120 Å². The third-order valence-corrected chi connectivity index (χ3v) is 5.13. The van der Waals surface area contributed by atoms with Crippen molar-refractivity contribution in [3.05, 3.63) is 35.6 Å². The lowest BCUT2D eigenvalue weighted by molar-refractivity contribution is 0.426. The second-order valence-electron chi connectivity index (χ2n) is 5.55. The van der Waals surface area contributed by atoms with Gasteiger partial charge in [-0.15, -0.1) is 0 Å². The summed E-state index contributed by atoms with van der Waals surface area (Å²) in [5.74, 6) is -0.428. The molecule has 5 heteroatoms. The molecule has 1 N–H and O–H groups in total. The number of benzene rings is 1. The molecule has 1 aromatic carbocycles. The molecule has 0 aliphatic heterocycles. The topological polar surface area (TPSA) is 46.2 Å². The lowest BCUT2D eigenvalue weighted by atomic mass is 9.97. The molecule has 112 valence electrons. The highest BCUT2D eigenvalue weighted by Crippen LogP contribution is 2.18. The Kier molecular flexibility index (Phi) is 5.54. The molecule has 1 saturated carbocycles. The number of hydrogen-bond acceptors (Lipinski definition) is 2. The molecule has 1 aliphatic rings. The first-order valence-corrected chi connectivity index (χ1v) is 8.95. The van der Waals surface area contributed by atoms with Crippen LogP contribution in [0.4, 0.5) is 4.39 Å². The van der Waals surface area contributed by atoms with Crippen molar-refractivity contribution in [1.29, 1.82) is 0 Å². The van der Waals surface area contributed by atoms with Crippen LogP contribution in [0.1, 0.15) is 50.5 Å². The molecule has 0 unspecified atom stereocenters. The Morgan fingerprint density at radius 3 is 2.15 bits per heavy atom. The van der Waals surface area contributed by atoms with Gasteiger partial charge in [0.25, 0.3) is 0 Å². The van der Waals surface area contributed by atoms with Crippen LogP contribution >= 0.6 is 0 Å². The van der Waals surface area contributed by atoms with E-state index in [-0.39, 0.29) is 17.6 Å². The summed E-state index contributed by atoms with van der Waals surface area (Å²) in [6.07, 6.45) is 7.65. The van der Waals surface area contributed by atoms with Crippen LogP contribution in [0, 0.1) is 5.82 Å². The van der Waals surface area contributed by atoms with Gasteiger partial charge in [-0.25, -0.2) is 17.5 Å². The normalized spacial score (nSPS) is 18.4. The highest BCUT2D eigenvalue weighted by Gasteiger charge is 2.19. The fraction of sp³-hybridized carbons (Fsp3) is 0.600. The van der Waals surface area contributed by atoms with E-state index in [2.05, 4.69) is 4.72 Å². The molecule has 20 heavy (non-hydrogen) atoms. The van der Waals surface area contributed by atoms with E-state index in [9.17, 15) is 12.8 Å². The Morgan fingerprint density at radius 2 is 1.55 bits per heavy atom. The highest BCUT2D eigenvalue weighted by atomic mass is 32.2. The van der Waals surface area contributed by atoms with E-state index in [0.29, 0.717) is 5.56 Å². The van der Waals surface area contributed by atoms with Crippen molar-refractivity contribution in [2.45, 2.75) is 56.7 Å². The van der Waals surface area contributed by atoms with Crippen LogP contribution in [-0.2, 0) is 15.8 Å². The van der Waals surface area contributed by atoms with Crippen LogP contribution in [0.2, 0.25) is 0 Å². The molecular weight excluding hydrogens is 277 g/mol.